The van der Waals surface area contributed by atoms with E-state index >= 15 is 0 Å². The summed E-state index contributed by atoms with van der Waals surface area (Å²) in [5.74, 6) is -1.33. The second-order valence-corrected chi connectivity index (χ2v) is 4.12. The smallest absolute Gasteiger partial charge is 0.338 e. The van der Waals surface area contributed by atoms with Gasteiger partial charge in [-0.15, -0.1) is 0 Å². The molecule has 0 unspecified atom stereocenters. The van der Waals surface area contributed by atoms with Gasteiger partial charge in [-0.2, -0.15) is 5.26 Å². The SMILES string of the molecule is C/C(N)=C(\C#N)C(=O)COC(=O)c1cccc(Cl)c1. The van der Waals surface area contributed by atoms with Crippen LogP contribution in [0.25, 0.3) is 0 Å². The van der Waals surface area contributed by atoms with E-state index in [1.54, 1.807) is 18.2 Å². The van der Waals surface area contributed by atoms with E-state index < -0.39 is 18.4 Å². The number of esters is 1. The number of halogens is 1. The molecule has 0 spiro atoms. The molecule has 5 nitrogen and oxygen atoms in total. The number of benzene rings is 1. The fourth-order valence-electron chi connectivity index (χ4n) is 1.27. The van der Waals surface area contributed by atoms with E-state index in [4.69, 9.17) is 27.3 Å². The van der Waals surface area contributed by atoms with E-state index in [-0.39, 0.29) is 16.8 Å². The van der Waals surface area contributed by atoms with Crippen LogP contribution >= 0.6 is 11.6 Å². The Balaban J connectivity index is 2.69. The van der Waals surface area contributed by atoms with Gasteiger partial charge >= 0.3 is 5.97 Å². The van der Waals surface area contributed by atoms with Crippen LogP contribution in [0.4, 0.5) is 0 Å². The van der Waals surface area contributed by atoms with E-state index in [0.29, 0.717) is 5.02 Å². The van der Waals surface area contributed by atoms with Gasteiger partial charge in [0.25, 0.3) is 0 Å². The van der Waals surface area contributed by atoms with Gasteiger partial charge < -0.3 is 10.5 Å². The van der Waals surface area contributed by atoms with E-state index in [9.17, 15) is 9.59 Å². The van der Waals surface area contributed by atoms with Gasteiger partial charge in [0.1, 0.15) is 11.6 Å². The van der Waals surface area contributed by atoms with Gasteiger partial charge in [0.2, 0.25) is 5.78 Å². The maximum Gasteiger partial charge on any atom is 0.338 e. The molecule has 0 aliphatic carbocycles. The Kier molecular flexibility index (Phi) is 5.10. The topological polar surface area (TPSA) is 93.2 Å². The van der Waals surface area contributed by atoms with Gasteiger partial charge in [-0.3, -0.25) is 4.79 Å². The zero-order chi connectivity index (χ0) is 14.4. The highest BCUT2D eigenvalue weighted by Gasteiger charge is 2.15. The maximum absolute atomic E-state index is 11.6. The molecule has 0 heterocycles. The van der Waals surface area contributed by atoms with Crippen LogP contribution < -0.4 is 5.73 Å². The quantitative estimate of drug-likeness (QED) is 0.515. The number of hydrogen-bond acceptors (Lipinski definition) is 5. The molecule has 0 aromatic heterocycles. The number of nitrogens with two attached hydrogens (primary N) is 1. The highest BCUT2D eigenvalue weighted by atomic mass is 35.5. The van der Waals surface area contributed by atoms with Crippen molar-refractivity contribution in [3.63, 3.8) is 0 Å². The normalized spacial score (nSPS) is 11.2. The Hall–Kier alpha value is -2.32. The minimum absolute atomic E-state index is 0.0892. The Bertz CT molecular complexity index is 584. The zero-order valence-electron chi connectivity index (χ0n) is 10.1. The summed E-state index contributed by atoms with van der Waals surface area (Å²) >= 11 is 5.72. The van der Waals surface area contributed by atoms with Gasteiger partial charge in [0.15, 0.2) is 6.61 Å². The second kappa shape index (κ2) is 6.57. The molecule has 0 aliphatic rings. The summed E-state index contributed by atoms with van der Waals surface area (Å²) in [7, 11) is 0. The van der Waals surface area contributed by atoms with E-state index in [1.807, 2.05) is 0 Å². The van der Waals surface area contributed by atoms with Crippen LogP contribution in [0.3, 0.4) is 0 Å². The van der Waals surface area contributed by atoms with Gasteiger partial charge in [-0.25, -0.2) is 4.79 Å². The number of carbonyl (C=O) groups is 2. The van der Waals surface area contributed by atoms with Crippen LogP contribution in [0.2, 0.25) is 5.02 Å². The molecule has 1 aromatic rings. The number of allylic oxidation sites excluding steroid dienone is 1. The highest BCUT2D eigenvalue weighted by molar-refractivity contribution is 6.30. The first-order valence-corrected chi connectivity index (χ1v) is 5.66. The molecular weight excluding hydrogens is 268 g/mol. The van der Waals surface area contributed by atoms with Crippen molar-refractivity contribution in [1.29, 1.82) is 5.26 Å². The monoisotopic (exact) mass is 278 g/mol. The predicted molar refractivity (Wildman–Crippen MR) is 69.2 cm³/mol. The number of rotatable bonds is 4. The number of nitriles is 1. The van der Waals surface area contributed by atoms with Crippen molar-refractivity contribution in [2.75, 3.05) is 6.61 Å². The van der Waals surface area contributed by atoms with Crippen molar-refractivity contribution in [3.8, 4) is 6.07 Å². The van der Waals surface area contributed by atoms with Crippen LogP contribution in [0, 0.1) is 11.3 Å². The van der Waals surface area contributed by atoms with E-state index in [2.05, 4.69) is 0 Å². The Morgan fingerprint density at radius 2 is 2.16 bits per heavy atom. The van der Waals surface area contributed by atoms with Crippen molar-refractivity contribution >= 4 is 23.4 Å². The lowest BCUT2D eigenvalue weighted by atomic mass is 10.1. The van der Waals surface area contributed by atoms with Crippen molar-refractivity contribution in [3.05, 3.63) is 46.1 Å². The van der Waals surface area contributed by atoms with Crippen LogP contribution in [0.1, 0.15) is 17.3 Å². The maximum atomic E-state index is 11.6. The van der Waals surface area contributed by atoms with Crippen LogP contribution in [-0.2, 0) is 9.53 Å². The average molecular weight is 279 g/mol. The van der Waals surface area contributed by atoms with E-state index in [1.165, 1.54) is 19.1 Å². The molecular formula is C13H11ClN2O3. The van der Waals surface area contributed by atoms with Crippen molar-refractivity contribution in [1.82, 2.24) is 0 Å². The Labute approximate surface area is 115 Å². The molecule has 1 rings (SSSR count). The van der Waals surface area contributed by atoms with Gasteiger partial charge in [-0.1, -0.05) is 17.7 Å². The predicted octanol–water partition coefficient (Wildman–Crippen LogP) is 1.82. The summed E-state index contributed by atoms with van der Waals surface area (Å²) in [6, 6.07) is 7.79. The minimum atomic E-state index is -0.692. The zero-order valence-corrected chi connectivity index (χ0v) is 10.9. The average Bonchev–Trinajstić information content (AvgIpc) is 2.36. The summed E-state index contributed by atoms with van der Waals surface area (Å²) in [5, 5.41) is 9.10. The first-order valence-electron chi connectivity index (χ1n) is 5.28. The third kappa shape index (κ3) is 4.12. The first kappa shape index (κ1) is 14.7. The number of ether oxygens (including phenoxy) is 1. The summed E-state index contributed by atoms with van der Waals surface area (Å²) in [4.78, 5) is 23.2. The molecule has 0 fully saturated rings. The van der Waals surface area contributed by atoms with Gasteiger partial charge in [0.05, 0.1) is 5.56 Å². The molecule has 19 heavy (non-hydrogen) atoms. The van der Waals surface area contributed by atoms with Crippen LogP contribution in [0.15, 0.2) is 35.5 Å². The number of hydrogen-bond donors (Lipinski definition) is 1. The van der Waals surface area contributed by atoms with Crippen molar-refractivity contribution < 1.29 is 14.3 Å². The molecule has 98 valence electrons. The third-order valence-electron chi connectivity index (χ3n) is 2.18. The largest absolute Gasteiger partial charge is 0.454 e. The lowest BCUT2D eigenvalue weighted by molar-refractivity contribution is -0.118. The molecule has 0 atom stereocenters. The number of carbonyl (C=O) groups excluding carboxylic acids is 2. The Morgan fingerprint density at radius 3 is 2.68 bits per heavy atom. The highest BCUT2D eigenvalue weighted by Crippen LogP contribution is 2.11. The van der Waals surface area contributed by atoms with E-state index in [0.717, 1.165) is 0 Å². The molecule has 6 heteroatoms. The molecule has 1 aromatic carbocycles. The lowest BCUT2D eigenvalue weighted by Gasteiger charge is -2.04. The van der Waals surface area contributed by atoms with Crippen LogP contribution in [-0.4, -0.2) is 18.4 Å². The number of ketones is 1. The first-order chi connectivity index (χ1) is 8.95. The molecule has 2 N–H and O–H groups in total. The summed E-state index contributed by atoms with van der Waals surface area (Å²) in [6.07, 6.45) is 0. The summed E-state index contributed by atoms with van der Waals surface area (Å²) in [6.45, 7) is 0.887. The second-order valence-electron chi connectivity index (χ2n) is 3.68. The number of nitrogens with zero attached hydrogens (tertiary/aromatic N) is 1. The lowest BCUT2D eigenvalue weighted by Crippen LogP contribution is -2.17. The van der Waals surface area contributed by atoms with Gasteiger partial charge in [0, 0.05) is 10.7 Å². The van der Waals surface area contributed by atoms with Gasteiger partial charge in [-0.05, 0) is 25.1 Å². The summed E-state index contributed by atoms with van der Waals surface area (Å²) < 4.78 is 4.79. The Morgan fingerprint density at radius 1 is 1.47 bits per heavy atom. The molecule has 0 radical (unpaired) electrons. The summed E-state index contributed by atoms with van der Waals surface area (Å²) in [5.41, 5.74) is 5.47. The molecule has 0 bridgehead atoms. The van der Waals surface area contributed by atoms with Crippen molar-refractivity contribution in [2.24, 2.45) is 5.73 Å². The molecule has 0 amide bonds. The standard InChI is InChI=1S/C13H11ClN2O3/c1-8(16)11(6-15)12(17)7-19-13(18)9-3-2-4-10(14)5-9/h2-5H,7,16H2,1H3/b11-8-. The molecule has 0 saturated heterocycles. The minimum Gasteiger partial charge on any atom is -0.454 e. The fraction of sp³-hybridized carbons (Fsp3) is 0.154. The van der Waals surface area contributed by atoms with Crippen LogP contribution in [0.5, 0.6) is 0 Å². The molecule has 0 aliphatic heterocycles. The fourth-order valence-corrected chi connectivity index (χ4v) is 1.46. The molecule has 0 saturated carbocycles. The van der Waals surface area contributed by atoms with Crippen molar-refractivity contribution in [2.45, 2.75) is 6.92 Å². The third-order valence-corrected chi connectivity index (χ3v) is 2.41. The number of Topliss-reactive ketones (excluding diaryl/α,β-unsaturated/α-hetero) is 1.